The number of aromatic hydroxyl groups is 1. The number of fused-ring (bicyclic) bond motifs is 1. The zero-order valence-electron chi connectivity index (χ0n) is 15.5. The third kappa shape index (κ3) is 5.01. The van der Waals surface area contributed by atoms with Crippen molar-refractivity contribution in [3.05, 3.63) is 39.1 Å². The molecule has 0 fully saturated rings. The van der Waals surface area contributed by atoms with Crippen LogP contribution in [0.15, 0.2) is 23.0 Å². The molecule has 0 unspecified atom stereocenters. The molecule has 0 saturated carbocycles. The second kappa shape index (κ2) is 9.41. The van der Waals surface area contributed by atoms with E-state index in [1.54, 1.807) is 6.07 Å². The molecule has 1 aromatic heterocycles. The smallest absolute Gasteiger partial charge is 0.279 e. The summed E-state index contributed by atoms with van der Waals surface area (Å²) in [7, 11) is 1.48. The number of amides is 2. The molecule has 1 heterocycles. The number of hydrogen-bond donors (Lipinski definition) is 3. The van der Waals surface area contributed by atoms with Gasteiger partial charge < -0.3 is 9.67 Å². The molecule has 0 saturated heterocycles. The van der Waals surface area contributed by atoms with Crippen LogP contribution in [0.2, 0.25) is 5.02 Å². The number of pyridine rings is 1. The van der Waals surface area contributed by atoms with Crippen molar-refractivity contribution in [1.29, 1.82) is 0 Å². The van der Waals surface area contributed by atoms with Crippen LogP contribution in [0, 0.1) is 0 Å². The lowest BCUT2D eigenvalue weighted by Gasteiger charge is -2.12. The standard InChI is InChI=1S/C19H24ClN3O4/c1-3-4-5-6-7-8-15(24)21-22-18(26)16-17(25)13-10-9-12(20)11-14(13)23(2)19(16)27/h9-11,25H,3-8H2,1-2H3,(H,21,24)(H,22,26). The molecule has 0 atom stereocenters. The maximum Gasteiger partial charge on any atom is 0.279 e. The zero-order valence-corrected chi connectivity index (χ0v) is 16.2. The van der Waals surface area contributed by atoms with Gasteiger partial charge in [0.15, 0.2) is 0 Å². The van der Waals surface area contributed by atoms with E-state index in [0.717, 1.165) is 32.1 Å². The number of aromatic nitrogens is 1. The normalized spacial score (nSPS) is 10.8. The lowest BCUT2D eigenvalue weighted by Crippen LogP contribution is -2.44. The Balaban J connectivity index is 2.08. The Bertz CT molecular complexity index is 908. The van der Waals surface area contributed by atoms with Crippen LogP contribution < -0.4 is 16.4 Å². The first-order valence-corrected chi connectivity index (χ1v) is 9.35. The monoisotopic (exact) mass is 393 g/mol. The van der Waals surface area contributed by atoms with Gasteiger partial charge in [-0.2, -0.15) is 0 Å². The molecule has 7 nitrogen and oxygen atoms in total. The van der Waals surface area contributed by atoms with Crippen molar-refractivity contribution in [1.82, 2.24) is 15.4 Å². The summed E-state index contributed by atoms with van der Waals surface area (Å²) in [5, 5.41) is 11.1. The van der Waals surface area contributed by atoms with Gasteiger partial charge in [0.2, 0.25) is 5.91 Å². The third-order valence-corrected chi connectivity index (χ3v) is 4.62. The first-order valence-electron chi connectivity index (χ1n) is 8.97. The number of nitrogens with zero attached hydrogens (tertiary/aromatic N) is 1. The van der Waals surface area contributed by atoms with Crippen molar-refractivity contribution in [2.75, 3.05) is 0 Å². The number of hydrogen-bond acceptors (Lipinski definition) is 4. The van der Waals surface area contributed by atoms with E-state index in [1.165, 1.54) is 23.7 Å². The Labute approximate surface area is 162 Å². The minimum absolute atomic E-state index is 0.282. The molecule has 3 N–H and O–H groups in total. The Kier molecular flexibility index (Phi) is 7.24. The average molecular weight is 394 g/mol. The highest BCUT2D eigenvalue weighted by atomic mass is 35.5. The van der Waals surface area contributed by atoms with Gasteiger partial charge in [-0.1, -0.05) is 44.2 Å². The van der Waals surface area contributed by atoms with E-state index < -0.39 is 22.8 Å². The highest BCUT2D eigenvalue weighted by Crippen LogP contribution is 2.28. The van der Waals surface area contributed by atoms with Crippen molar-refractivity contribution in [2.45, 2.75) is 45.4 Å². The third-order valence-electron chi connectivity index (χ3n) is 4.38. The topological polar surface area (TPSA) is 100 Å². The van der Waals surface area contributed by atoms with Crippen LogP contribution in [0.25, 0.3) is 10.9 Å². The van der Waals surface area contributed by atoms with Gasteiger partial charge in [0.25, 0.3) is 11.5 Å². The Morgan fingerprint density at radius 2 is 1.85 bits per heavy atom. The van der Waals surface area contributed by atoms with Crippen molar-refractivity contribution < 1.29 is 14.7 Å². The summed E-state index contributed by atoms with van der Waals surface area (Å²) in [6.45, 7) is 2.11. The molecule has 0 spiro atoms. The second-order valence-electron chi connectivity index (χ2n) is 6.42. The average Bonchev–Trinajstić information content (AvgIpc) is 2.64. The molecule has 0 aliphatic heterocycles. The number of hydrazine groups is 1. The summed E-state index contributed by atoms with van der Waals surface area (Å²) in [6, 6.07) is 4.61. The first kappa shape index (κ1) is 20.8. The number of rotatable bonds is 7. The number of aryl methyl sites for hydroxylation is 1. The molecule has 0 bridgehead atoms. The summed E-state index contributed by atoms with van der Waals surface area (Å²) >= 11 is 5.93. The molecule has 2 amide bonds. The highest BCUT2D eigenvalue weighted by Gasteiger charge is 2.21. The van der Waals surface area contributed by atoms with Crippen LogP contribution in [0.1, 0.15) is 55.8 Å². The maximum absolute atomic E-state index is 12.5. The predicted octanol–water partition coefficient (Wildman–Crippen LogP) is 3.02. The summed E-state index contributed by atoms with van der Waals surface area (Å²) in [4.78, 5) is 36.6. The lowest BCUT2D eigenvalue weighted by molar-refractivity contribution is -0.122. The van der Waals surface area contributed by atoms with E-state index in [-0.39, 0.29) is 12.3 Å². The van der Waals surface area contributed by atoms with Crippen molar-refractivity contribution in [3.63, 3.8) is 0 Å². The molecular weight excluding hydrogens is 370 g/mol. The summed E-state index contributed by atoms with van der Waals surface area (Å²) in [5.41, 5.74) is 3.76. The molecule has 0 aliphatic carbocycles. The van der Waals surface area contributed by atoms with Crippen LogP contribution in [-0.2, 0) is 11.8 Å². The summed E-state index contributed by atoms with van der Waals surface area (Å²) < 4.78 is 1.23. The predicted molar refractivity (Wildman–Crippen MR) is 105 cm³/mol. The van der Waals surface area contributed by atoms with Gasteiger partial charge in [-0.25, -0.2) is 0 Å². The fourth-order valence-electron chi connectivity index (χ4n) is 2.84. The van der Waals surface area contributed by atoms with Gasteiger partial charge in [0, 0.05) is 23.9 Å². The van der Waals surface area contributed by atoms with E-state index in [1.807, 2.05) is 0 Å². The van der Waals surface area contributed by atoms with E-state index in [2.05, 4.69) is 17.8 Å². The number of nitrogens with one attached hydrogen (secondary N) is 2. The Morgan fingerprint density at radius 3 is 2.56 bits per heavy atom. The van der Waals surface area contributed by atoms with E-state index in [9.17, 15) is 19.5 Å². The molecule has 0 radical (unpaired) electrons. The van der Waals surface area contributed by atoms with Crippen molar-refractivity contribution in [2.24, 2.45) is 7.05 Å². The molecule has 1 aromatic carbocycles. The van der Waals surface area contributed by atoms with Crippen LogP contribution in [0.3, 0.4) is 0 Å². The Hall–Kier alpha value is -2.54. The van der Waals surface area contributed by atoms with Gasteiger partial charge >= 0.3 is 0 Å². The van der Waals surface area contributed by atoms with Crippen LogP contribution in [0.5, 0.6) is 5.75 Å². The number of halogens is 1. The minimum atomic E-state index is -0.871. The quantitative estimate of drug-likeness (QED) is 0.497. The van der Waals surface area contributed by atoms with E-state index in [0.29, 0.717) is 15.9 Å². The van der Waals surface area contributed by atoms with Gasteiger partial charge in [0.05, 0.1) is 5.52 Å². The molecule has 8 heteroatoms. The van der Waals surface area contributed by atoms with Gasteiger partial charge in [-0.3, -0.25) is 25.2 Å². The van der Waals surface area contributed by atoms with Crippen LogP contribution in [0.4, 0.5) is 0 Å². The summed E-state index contributed by atoms with van der Waals surface area (Å²) in [6.07, 6.45) is 5.29. The molecule has 146 valence electrons. The first-order chi connectivity index (χ1) is 12.9. The highest BCUT2D eigenvalue weighted by molar-refractivity contribution is 6.31. The molecule has 0 aliphatic rings. The van der Waals surface area contributed by atoms with Gasteiger partial charge in [-0.15, -0.1) is 0 Å². The van der Waals surface area contributed by atoms with Crippen molar-refractivity contribution >= 4 is 34.3 Å². The van der Waals surface area contributed by atoms with Gasteiger partial charge in [0.1, 0.15) is 11.3 Å². The minimum Gasteiger partial charge on any atom is -0.506 e. The van der Waals surface area contributed by atoms with Gasteiger partial charge in [-0.05, 0) is 24.6 Å². The zero-order chi connectivity index (χ0) is 20.0. The lowest BCUT2D eigenvalue weighted by atomic mass is 10.1. The molecular formula is C19H24ClN3O4. The maximum atomic E-state index is 12.5. The van der Waals surface area contributed by atoms with Crippen LogP contribution in [-0.4, -0.2) is 21.5 Å². The number of carbonyl (C=O) groups excluding carboxylic acids is 2. The number of benzene rings is 1. The van der Waals surface area contributed by atoms with E-state index >= 15 is 0 Å². The fourth-order valence-corrected chi connectivity index (χ4v) is 3.01. The Morgan fingerprint density at radius 1 is 1.15 bits per heavy atom. The van der Waals surface area contributed by atoms with Crippen LogP contribution >= 0.6 is 11.6 Å². The number of carbonyl (C=O) groups is 2. The molecule has 27 heavy (non-hydrogen) atoms. The molecule has 2 rings (SSSR count). The number of unbranched alkanes of at least 4 members (excludes halogenated alkanes) is 4. The largest absolute Gasteiger partial charge is 0.506 e. The molecule has 2 aromatic rings. The van der Waals surface area contributed by atoms with Crippen molar-refractivity contribution in [3.8, 4) is 5.75 Å². The summed E-state index contributed by atoms with van der Waals surface area (Å²) in [5.74, 6) is -1.66. The second-order valence-corrected chi connectivity index (χ2v) is 6.85. The van der Waals surface area contributed by atoms with E-state index in [4.69, 9.17) is 11.6 Å². The fraction of sp³-hybridized carbons (Fsp3) is 0.421. The SMILES string of the molecule is CCCCCCCC(=O)NNC(=O)c1c(O)c2ccc(Cl)cc2n(C)c1=O.